The van der Waals surface area contributed by atoms with E-state index < -0.39 is 0 Å². The highest BCUT2D eigenvalue weighted by Crippen LogP contribution is 2.52. The molecule has 0 fully saturated rings. The fourth-order valence-electron chi connectivity index (χ4n) is 3.54. The molecule has 1 aliphatic rings. The minimum absolute atomic E-state index is 0.0314. The predicted octanol–water partition coefficient (Wildman–Crippen LogP) is 3.42. The van der Waals surface area contributed by atoms with Crippen LogP contribution in [-0.2, 0) is 0 Å². The summed E-state index contributed by atoms with van der Waals surface area (Å²) in [5, 5.41) is 9.49. The summed E-state index contributed by atoms with van der Waals surface area (Å²) >= 11 is 0. The van der Waals surface area contributed by atoms with Crippen LogP contribution < -0.4 is 25.7 Å². The van der Waals surface area contributed by atoms with Crippen molar-refractivity contribution in [3.8, 4) is 29.2 Å². The van der Waals surface area contributed by atoms with Crippen LogP contribution in [0.2, 0.25) is 0 Å². The zero-order chi connectivity index (χ0) is 19.8. The Balaban J connectivity index is 2.06. The van der Waals surface area contributed by atoms with Gasteiger partial charge in [-0.15, -0.1) is 0 Å². The molecule has 0 spiro atoms. The van der Waals surface area contributed by atoms with Gasteiger partial charge in [0.25, 0.3) is 0 Å². The monoisotopic (exact) mass is 374 g/mol. The van der Waals surface area contributed by atoms with Gasteiger partial charge in [-0.2, -0.15) is 10.2 Å². The van der Waals surface area contributed by atoms with Crippen molar-refractivity contribution in [1.82, 2.24) is 4.98 Å². The number of nitrogen functional groups attached to an aromatic ring is 2. The summed E-state index contributed by atoms with van der Waals surface area (Å²) in [4.78, 5) is 4.30. The molecule has 1 aliphatic heterocycles. The molecule has 4 rings (SSSR count). The Morgan fingerprint density at radius 1 is 1.07 bits per heavy atom. The van der Waals surface area contributed by atoms with Gasteiger partial charge in [0.15, 0.2) is 0 Å². The Bertz CT molecular complexity index is 1120. The molecule has 2 aromatic carbocycles. The van der Waals surface area contributed by atoms with E-state index in [1.807, 2.05) is 42.5 Å². The number of nitriles is 1. The number of methoxy groups -OCH3 is 2. The first-order chi connectivity index (χ1) is 13.6. The molecule has 1 aromatic heterocycles. The zero-order valence-electron chi connectivity index (χ0n) is 15.4. The molecule has 2 heterocycles. The number of anilines is 2. The maximum Gasteiger partial charge on any atom is 0.227 e. The lowest BCUT2D eigenvalue weighted by molar-refractivity contribution is 0.396. The van der Waals surface area contributed by atoms with Gasteiger partial charge in [-0.25, -0.2) is 0 Å². The molecular formula is C21H18N4O3. The fourth-order valence-corrected chi connectivity index (χ4v) is 3.54. The predicted molar refractivity (Wildman–Crippen MR) is 105 cm³/mol. The molecule has 0 saturated heterocycles. The normalized spacial score (nSPS) is 14.2. The van der Waals surface area contributed by atoms with Gasteiger partial charge in [0.2, 0.25) is 5.88 Å². The van der Waals surface area contributed by atoms with Gasteiger partial charge < -0.3 is 25.7 Å². The number of pyridine rings is 1. The van der Waals surface area contributed by atoms with E-state index in [9.17, 15) is 5.26 Å². The van der Waals surface area contributed by atoms with Crippen LogP contribution in [0.1, 0.15) is 28.2 Å². The van der Waals surface area contributed by atoms with Gasteiger partial charge in [-0.1, -0.05) is 24.3 Å². The lowest BCUT2D eigenvalue weighted by atomic mass is 9.81. The van der Waals surface area contributed by atoms with Gasteiger partial charge in [-0.3, -0.25) is 0 Å². The molecule has 0 saturated carbocycles. The number of para-hydroxylation sites is 1. The van der Waals surface area contributed by atoms with Crippen molar-refractivity contribution in [2.24, 2.45) is 0 Å². The summed E-state index contributed by atoms with van der Waals surface area (Å²) < 4.78 is 16.9. The number of hydrogen-bond acceptors (Lipinski definition) is 7. The lowest BCUT2D eigenvalue weighted by Crippen LogP contribution is -2.17. The highest BCUT2D eigenvalue weighted by molar-refractivity contribution is 5.76. The van der Waals surface area contributed by atoms with E-state index in [1.165, 1.54) is 0 Å². The van der Waals surface area contributed by atoms with E-state index in [2.05, 4.69) is 4.98 Å². The van der Waals surface area contributed by atoms with Crippen molar-refractivity contribution in [2.45, 2.75) is 5.92 Å². The second-order valence-corrected chi connectivity index (χ2v) is 6.30. The molecule has 7 heteroatoms. The largest absolute Gasteiger partial charge is 0.497 e. The minimum atomic E-state index is -0.346. The van der Waals surface area contributed by atoms with E-state index in [-0.39, 0.29) is 28.9 Å². The Labute approximate surface area is 162 Å². The number of rotatable bonds is 3. The van der Waals surface area contributed by atoms with E-state index >= 15 is 0 Å². The van der Waals surface area contributed by atoms with Crippen molar-refractivity contribution in [2.75, 3.05) is 25.7 Å². The quantitative estimate of drug-likeness (QED) is 0.564. The standard InChI is InChI=1S/C21H18N4O3/c1-26-11-7-8-13-16(9-11)28-21-18(19(23)14(10-22)20(24)25-21)17(13)12-5-3-4-6-15(12)27-2/h3-9,17H,1-2H3,(H4,23,24,25)/t17-/m0/s1. The van der Waals surface area contributed by atoms with Gasteiger partial charge in [0.05, 0.1) is 25.5 Å². The molecule has 0 unspecified atom stereocenters. The van der Waals surface area contributed by atoms with Crippen LogP contribution in [0.5, 0.6) is 23.1 Å². The number of fused-ring (bicyclic) bond motifs is 2. The molecule has 0 bridgehead atoms. The first kappa shape index (κ1) is 17.5. The molecule has 0 amide bonds. The first-order valence-electron chi connectivity index (χ1n) is 8.56. The van der Waals surface area contributed by atoms with Crippen molar-refractivity contribution >= 4 is 11.5 Å². The maximum atomic E-state index is 9.49. The summed E-state index contributed by atoms with van der Waals surface area (Å²) in [6.07, 6.45) is 0. The van der Waals surface area contributed by atoms with E-state index in [0.29, 0.717) is 22.8 Å². The van der Waals surface area contributed by atoms with Gasteiger partial charge >= 0.3 is 0 Å². The van der Waals surface area contributed by atoms with Crippen molar-refractivity contribution in [3.63, 3.8) is 0 Å². The number of nitrogens with zero attached hydrogens (tertiary/aromatic N) is 2. The third-order valence-corrected chi connectivity index (χ3v) is 4.86. The van der Waals surface area contributed by atoms with E-state index in [1.54, 1.807) is 20.3 Å². The number of aromatic nitrogens is 1. The number of benzene rings is 2. The van der Waals surface area contributed by atoms with Crippen LogP contribution in [0.15, 0.2) is 42.5 Å². The summed E-state index contributed by atoms with van der Waals surface area (Å²) in [7, 11) is 3.20. The van der Waals surface area contributed by atoms with E-state index in [0.717, 1.165) is 11.1 Å². The number of hydrogen-bond donors (Lipinski definition) is 2. The van der Waals surface area contributed by atoms with Crippen LogP contribution in [0.25, 0.3) is 0 Å². The Hall–Kier alpha value is -3.92. The average molecular weight is 374 g/mol. The van der Waals surface area contributed by atoms with Gasteiger partial charge in [0, 0.05) is 23.1 Å². The molecule has 1 atom stereocenters. The molecule has 7 nitrogen and oxygen atoms in total. The molecule has 140 valence electrons. The molecular weight excluding hydrogens is 356 g/mol. The summed E-state index contributed by atoms with van der Waals surface area (Å²) in [6.45, 7) is 0. The van der Waals surface area contributed by atoms with Gasteiger partial charge in [0.1, 0.15) is 34.7 Å². The topological polar surface area (TPSA) is 116 Å². The van der Waals surface area contributed by atoms with Crippen molar-refractivity contribution < 1.29 is 14.2 Å². The third kappa shape index (κ3) is 2.55. The highest BCUT2D eigenvalue weighted by Gasteiger charge is 2.35. The average Bonchev–Trinajstić information content (AvgIpc) is 2.72. The minimum Gasteiger partial charge on any atom is -0.497 e. The Morgan fingerprint density at radius 2 is 1.86 bits per heavy atom. The van der Waals surface area contributed by atoms with E-state index in [4.69, 9.17) is 25.7 Å². The van der Waals surface area contributed by atoms with Crippen LogP contribution >= 0.6 is 0 Å². The highest BCUT2D eigenvalue weighted by atomic mass is 16.5. The first-order valence-corrected chi connectivity index (χ1v) is 8.56. The second kappa shape index (κ2) is 6.67. The van der Waals surface area contributed by atoms with Crippen LogP contribution in [0.4, 0.5) is 11.5 Å². The smallest absolute Gasteiger partial charge is 0.227 e. The maximum absolute atomic E-state index is 9.49. The Morgan fingerprint density at radius 3 is 2.57 bits per heavy atom. The second-order valence-electron chi connectivity index (χ2n) is 6.30. The summed E-state index contributed by atoms with van der Waals surface area (Å²) in [6, 6.07) is 15.2. The zero-order valence-corrected chi connectivity index (χ0v) is 15.4. The van der Waals surface area contributed by atoms with Crippen LogP contribution in [0, 0.1) is 11.3 Å². The van der Waals surface area contributed by atoms with Crippen LogP contribution in [0.3, 0.4) is 0 Å². The summed E-state index contributed by atoms with van der Waals surface area (Å²) in [5.41, 5.74) is 15.0. The Kier molecular flexibility index (Phi) is 4.17. The summed E-state index contributed by atoms with van der Waals surface area (Å²) in [5.74, 6) is 1.88. The number of ether oxygens (including phenoxy) is 3. The van der Waals surface area contributed by atoms with Crippen molar-refractivity contribution in [3.05, 3.63) is 64.7 Å². The molecule has 4 N–H and O–H groups in total. The third-order valence-electron chi connectivity index (χ3n) is 4.86. The molecule has 28 heavy (non-hydrogen) atoms. The molecule has 3 aromatic rings. The number of nitrogens with two attached hydrogens (primary N) is 2. The van der Waals surface area contributed by atoms with Gasteiger partial charge in [-0.05, 0) is 12.1 Å². The molecule has 0 radical (unpaired) electrons. The fraction of sp³-hybridized carbons (Fsp3) is 0.143. The lowest BCUT2D eigenvalue weighted by Gasteiger charge is -2.30. The van der Waals surface area contributed by atoms with Crippen molar-refractivity contribution in [1.29, 1.82) is 5.26 Å². The van der Waals surface area contributed by atoms with Crippen LogP contribution in [-0.4, -0.2) is 19.2 Å². The SMILES string of the molecule is COc1ccc2c(c1)Oc1nc(N)c(C#N)c(N)c1[C@H]2c1ccccc1OC. The molecule has 0 aliphatic carbocycles.